The number of benzene rings is 1. The molecular weight excluding hydrogens is 252 g/mol. The molecule has 0 amide bonds. The average Bonchev–Trinajstić information content (AvgIpc) is 2.29. The molecule has 18 heavy (non-hydrogen) atoms. The van der Waals surface area contributed by atoms with E-state index in [-0.39, 0.29) is 19.0 Å². The molecule has 1 aromatic carbocycles. The molecule has 2 nitrogen and oxygen atoms in total. The highest BCUT2D eigenvalue weighted by atomic mass is 19.4. The number of unbranched alkanes of at least 4 members (excludes halogenated alkanes) is 2. The highest BCUT2D eigenvalue weighted by molar-refractivity contribution is 5.36. The number of aliphatic hydroxyl groups excluding tert-OH is 1. The molecule has 0 heterocycles. The van der Waals surface area contributed by atoms with Crippen molar-refractivity contribution in [1.82, 2.24) is 0 Å². The van der Waals surface area contributed by atoms with E-state index in [2.05, 4.69) is 0 Å². The third kappa shape index (κ3) is 4.52. The van der Waals surface area contributed by atoms with Crippen LogP contribution in [0.15, 0.2) is 18.2 Å². The van der Waals surface area contributed by atoms with E-state index in [4.69, 9.17) is 9.84 Å². The van der Waals surface area contributed by atoms with Crippen LogP contribution in [0.25, 0.3) is 0 Å². The van der Waals surface area contributed by atoms with E-state index in [0.29, 0.717) is 25.3 Å². The van der Waals surface area contributed by atoms with Crippen LogP contribution < -0.4 is 4.74 Å². The number of aliphatic hydroxyl groups is 1. The first-order valence-corrected chi connectivity index (χ1v) is 5.55. The van der Waals surface area contributed by atoms with E-state index in [1.54, 1.807) is 0 Å². The van der Waals surface area contributed by atoms with Gasteiger partial charge >= 0.3 is 6.18 Å². The quantitative estimate of drug-likeness (QED) is 0.631. The molecule has 1 rings (SSSR count). The summed E-state index contributed by atoms with van der Waals surface area (Å²) in [5.74, 6) is -1.32. The molecule has 0 saturated heterocycles. The van der Waals surface area contributed by atoms with Gasteiger partial charge in [-0.15, -0.1) is 0 Å². The molecule has 0 bridgehead atoms. The SMILES string of the molecule is OCCCCCOc1ccc(F)cc1C(F)(F)F. The van der Waals surface area contributed by atoms with Crippen molar-refractivity contribution < 1.29 is 27.4 Å². The standard InChI is InChI=1S/C12H14F4O2/c13-9-4-5-11(10(8-9)12(14,15)16)18-7-3-1-2-6-17/h4-5,8,17H,1-3,6-7H2. The molecule has 0 radical (unpaired) electrons. The van der Waals surface area contributed by atoms with Crippen molar-refractivity contribution in [3.05, 3.63) is 29.6 Å². The van der Waals surface area contributed by atoms with Gasteiger partial charge in [-0.1, -0.05) is 0 Å². The largest absolute Gasteiger partial charge is 0.493 e. The summed E-state index contributed by atoms with van der Waals surface area (Å²) in [6.45, 7) is 0.152. The lowest BCUT2D eigenvalue weighted by molar-refractivity contribution is -0.139. The minimum atomic E-state index is -4.64. The van der Waals surface area contributed by atoms with E-state index in [1.165, 1.54) is 0 Å². The van der Waals surface area contributed by atoms with Crippen LogP contribution in [0.5, 0.6) is 5.75 Å². The Bertz CT molecular complexity index is 377. The molecular formula is C12H14F4O2. The Morgan fingerprint density at radius 1 is 1.11 bits per heavy atom. The van der Waals surface area contributed by atoms with Gasteiger partial charge in [-0.2, -0.15) is 13.2 Å². The first-order chi connectivity index (χ1) is 8.45. The smallest absolute Gasteiger partial charge is 0.420 e. The van der Waals surface area contributed by atoms with Gasteiger partial charge in [0.1, 0.15) is 17.1 Å². The minimum absolute atomic E-state index is 0.0460. The Morgan fingerprint density at radius 2 is 1.83 bits per heavy atom. The lowest BCUT2D eigenvalue weighted by atomic mass is 10.2. The van der Waals surface area contributed by atoms with Crippen molar-refractivity contribution in [2.24, 2.45) is 0 Å². The van der Waals surface area contributed by atoms with Crippen LogP contribution in [-0.2, 0) is 6.18 Å². The fourth-order valence-corrected chi connectivity index (χ4v) is 1.42. The molecule has 0 unspecified atom stereocenters. The van der Waals surface area contributed by atoms with Crippen molar-refractivity contribution in [2.45, 2.75) is 25.4 Å². The normalized spacial score (nSPS) is 11.6. The summed E-state index contributed by atoms with van der Waals surface area (Å²) < 4.78 is 55.5. The third-order valence-corrected chi connectivity index (χ3v) is 2.31. The van der Waals surface area contributed by atoms with Gasteiger partial charge < -0.3 is 9.84 Å². The fourth-order valence-electron chi connectivity index (χ4n) is 1.42. The predicted octanol–water partition coefficient (Wildman–Crippen LogP) is 3.39. The maximum absolute atomic E-state index is 12.8. The number of ether oxygens (including phenoxy) is 1. The van der Waals surface area contributed by atoms with Gasteiger partial charge in [-0.3, -0.25) is 0 Å². The molecule has 0 atom stereocenters. The van der Waals surface area contributed by atoms with Gasteiger partial charge in [0.05, 0.1) is 6.61 Å². The van der Waals surface area contributed by atoms with Crippen LogP contribution in [-0.4, -0.2) is 18.3 Å². The molecule has 0 aliphatic rings. The molecule has 0 spiro atoms. The van der Waals surface area contributed by atoms with Gasteiger partial charge in [-0.25, -0.2) is 4.39 Å². The minimum Gasteiger partial charge on any atom is -0.493 e. The van der Waals surface area contributed by atoms with Gasteiger partial charge in [0, 0.05) is 6.61 Å². The van der Waals surface area contributed by atoms with Crippen molar-refractivity contribution in [3.8, 4) is 5.75 Å². The molecule has 0 fully saturated rings. The highest BCUT2D eigenvalue weighted by Gasteiger charge is 2.34. The Balaban J connectivity index is 2.65. The van der Waals surface area contributed by atoms with Gasteiger partial charge in [0.2, 0.25) is 0 Å². The number of halogens is 4. The van der Waals surface area contributed by atoms with Crippen LogP contribution in [0.4, 0.5) is 17.6 Å². The number of hydrogen-bond acceptors (Lipinski definition) is 2. The maximum atomic E-state index is 12.8. The average molecular weight is 266 g/mol. The predicted molar refractivity (Wildman–Crippen MR) is 57.8 cm³/mol. The van der Waals surface area contributed by atoms with Gasteiger partial charge in [0.15, 0.2) is 0 Å². The van der Waals surface area contributed by atoms with Gasteiger partial charge in [0.25, 0.3) is 0 Å². The summed E-state index contributed by atoms with van der Waals surface area (Å²) in [5.41, 5.74) is -1.11. The summed E-state index contributed by atoms with van der Waals surface area (Å²) >= 11 is 0. The summed E-state index contributed by atoms with van der Waals surface area (Å²) in [5, 5.41) is 8.53. The molecule has 1 N–H and O–H groups in total. The fraction of sp³-hybridized carbons (Fsp3) is 0.500. The lowest BCUT2D eigenvalue weighted by Crippen LogP contribution is -2.10. The lowest BCUT2D eigenvalue weighted by Gasteiger charge is -2.13. The molecule has 0 aliphatic carbocycles. The Hall–Kier alpha value is -1.30. The molecule has 102 valence electrons. The van der Waals surface area contributed by atoms with Crippen LogP contribution in [0, 0.1) is 5.82 Å². The van der Waals surface area contributed by atoms with Gasteiger partial charge in [-0.05, 0) is 37.5 Å². The van der Waals surface area contributed by atoms with E-state index < -0.39 is 17.6 Å². The van der Waals surface area contributed by atoms with Crippen molar-refractivity contribution >= 4 is 0 Å². The van der Waals surface area contributed by atoms with Crippen LogP contribution >= 0.6 is 0 Å². The second-order valence-corrected chi connectivity index (χ2v) is 3.77. The molecule has 1 aromatic rings. The third-order valence-electron chi connectivity index (χ3n) is 2.31. The monoisotopic (exact) mass is 266 g/mol. The van der Waals surface area contributed by atoms with Crippen molar-refractivity contribution in [3.63, 3.8) is 0 Å². The number of rotatable bonds is 6. The van der Waals surface area contributed by atoms with E-state index in [0.717, 1.165) is 12.1 Å². The summed E-state index contributed by atoms with van der Waals surface area (Å²) in [7, 11) is 0. The van der Waals surface area contributed by atoms with E-state index >= 15 is 0 Å². The first kappa shape index (κ1) is 14.8. The van der Waals surface area contributed by atoms with E-state index in [1.807, 2.05) is 0 Å². The van der Waals surface area contributed by atoms with E-state index in [9.17, 15) is 17.6 Å². The van der Waals surface area contributed by atoms with Crippen LogP contribution in [0.2, 0.25) is 0 Å². The Morgan fingerprint density at radius 3 is 2.44 bits per heavy atom. The van der Waals surface area contributed by atoms with Crippen molar-refractivity contribution in [1.29, 1.82) is 0 Å². The van der Waals surface area contributed by atoms with Crippen LogP contribution in [0.1, 0.15) is 24.8 Å². The molecule has 0 aromatic heterocycles. The zero-order valence-electron chi connectivity index (χ0n) is 9.63. The zero-order valence-corrected chi connectivity index (χ0v) is 9.63. The second-order valence-electron chi connectivity index (χ2n) is 3.77. The summed E-state index contributed by atoms with van der Waals surface area (Å²) in [4.78, 5) is 0. The van der Waals surface area contributed by atoms with Crippen molar-refractivity contribution in [2.75, 3.05) is 13.2 Å². The maximum Gasteiger partial charge on any atom is 0.420 e. The molecule has 0 saturated carbocycles. The Kier molecular flexibility index (Phi) is 5.40. The second kappa shape index (κ2) is 6.58. The summed E-state index contributed by atoms with van der Waals surface area (Å²) in [6, 6.07) is 2.32. The summed E-state index contributed by atoms with van der Waals surface area (Å²) in [6.07, 6.45) is -2.85. The first-order valence-electron chi connectivity index (χ1n) is 5.55. The highest BCUT2D eigenvalue weighted by Crippen LogP contribution is 2.36. The molecule has 6 heteroatoms. The Labute approximate surface area is 102 Å². The molecule has 0 aliphatic heterocycles. The number of hydrogen-bond donors (Lipinski definition) is 1. The topological polar surface area (TPSA) is 29.5 Å². The zero-order chi connectivity index (χ0) is 13.6. The van der Waals surface area contributed by atoms with Crippen LogP contribution in [0.3, 0.4) is 0 Å². The number of alkyl halides is 3.